The van der Waals surface area contributed by atoms with Gasteiger partial charge in [-0.05, 0) is 56.0 Å². The minimum atomic E-state index is 0.348. The van der Waals surface area contributed by atoms with Gasteiger partial charge in [-0.15, -0.1) is 0 Å². The molecule has 0 amide bonds. The van der Waals surface area contributed by atoms with Crippen molar-refractivity contribution in [1.29, 1.82) is 0 Å². The van der Waals surface area contributed by atoms with E-state index in [2.05, 4.69) is 32.6 Å². The summed E-state index contributed by atoms with van der Waals surface area (Å²) in [5.74, 6) is 0.348. The summed E-state index contributed by atoms with van der Waals surface area (Å²) in [7, 11) is 0. The smallest absolute Gasteiger partial charge is 0.125 e. The van der Waals surface area contributed by atoms with Crippen LogP contribution in [0.5, 0.6) is 5.75 Å². The molecule has 0 heterocycles. The van der Waals surface area contributed by atoms with Crippen molar-refractivity contribution >= 4 is 18.2 Å². The molecular weight excluding hydrogens is 256 g/mol. The van der Waals surface area contributed by atoms with E-state index >= 15 is 0 Å². The van der Waals surface area contributed by atoms with Gasteiger partial charge in [0.15, 0.2) is 0 Å². The second-order valence-electron chi connectivity index (χ2n) is 5.64. The Bertz CT molecular complexity index is 721. The summed E-state index contributed by atoms with van der Waals surface area (Å²) < 4.78 is 0. The minimum Gasteiger partial charge on any atom is -0.507 e. The number of hydrogen-bond acceptors (Lipinski definition) is 1. The highest BCUT2D eigenvalue weighted by Crippen LogP contribution is 2.27. The molecule has 1 nitrogen and oxygen atoms in total. The van der Waals surface area contributed by atoms with Crippen molar-refractivity contribution in [3.8, 4) is 5.75 Å². The lowest BCUT2D eigenvalue weighted by molar-refractivity contribution is 0.469. The second-order valence-corrected chi connectivity index (χ2v) is 5.64. The van der Waals surface area contributed by atoms with Crippen molar-refractivity contribution < 1.29 is 5.11 Å². The first kappa shape index (κ1) is 15.1. The van der Waals surface area contributed by atoms with E-state index in [4.69, 9.17) is 0 Å². The first-order valence-corrected chi connectivity index (χ1v) is 7.14. The summed E-state index contributed by atoms with van der Waals surface area (Å²) in [6, 6.07) is 8.27. The van der Waals surface area contributed by atoms with Crippen molar-refractivity contribution in [2.45, 2.75) is 27.7 Å². The van der Waals surface area contributed by atoms with Crippen LogP contribution in [0.4, 0.5) is 0 Å². The molecule has 0 fully saturated rings. The van der Waals surface area contributed by atoms with Gasteiger partial charge in [0.1, 0.15) is 5.75 Å². The molecule has 0 bridgehead atoms. The molecule has 0 saturated carbocycles. The minimum absolute atomic E-state index is 0.348. The van der Waals surface area contributed by atoms with Gasteiger partial charge in [-0.3, -0.25) is 0 Å². The zero-order chi connectivity index (χ0) is 15.6. The van der Waals surface area contributed by atoms with Gasteiger partial charge in [-0.1, -0.05) is 54.1 Å². The standard InChI is InChI=1S/C20H22O/c1-6-19-15(4)9-13(2)11-17(19)7-8-18-12-14(3)10-16(5)20(18)21/h6-12,21H,1H2,2-5H3/b8-7-. The number of aromatic hydroxyl groups is 1. The van der Waals surface area contributed by atoms with Crippen LogP contribution in [0.25, 0.3) is 18.2 Å². The summed E-state index contributed by atoms with van der Waals surface area (Å²) in [6.07, 6.45) is 5.90. The third-order valence-corrected chi connectivity index (χ3v) is 3.68. The second kappa shape index (κ2) is 6.01. The van der Waals surface area contributed by atoms with Crippen molar-refractivity contribution in [1.82, 2.24) is 0 Å². The zero-order valence-electron chi connectivity index (χ0n) is 13.2. The molecule has 0 saturated heterocycles. The van der Waals surface area contributed by atoms with Crippen LogP contribution in [0, 0.1) is 27.7 Å². The van der Waals surface area contributed by atoms with Crippen LogP contribution in [0.2, 0.25) is 0 Å². The van der Waals surface area contributed by atoms with Crippen LogP contribution in [0.1, 0.15) is 38.9 Å². The SMILES string of the molecule is C=Cc1c(C)cc(C)cc1/C=C\c1cc(C)cc(C)c1O. The maximum atomic E-state index is 10.2. The van der Waals surface area contributed by atoms with Gasteiger partial charge in [0.05, 0.1) is 0 Å². The molecule has 0 aromatic heterocycles. The van der Waals surface area contributed by atoms with Gasteiger partial charge < -0.3 is 5.11 Å². The Labute approximate surface area is 127 Å². The number of hydrogen-bond donors (Lipinski definition) is 1. The third-order valence-electron chi connectivity index (χ3n) is 3.68. The average Bonchev–Trinajstić information content (AvgIpc) is 2.40. The van der Waals surface area contributed by atoms with Crippen molar-refractivity contribution in [3.63, 3.8) is 0 Å². The van der Waals surface area contributed by atoms with E-state index in [1.165, 1.54) is 11.1 Å². The zero-order valence-corrected chi connectivity index (χ0v) is 13.2. The molecule has 21 heavy (non-hydrogen) atoms. The Morgan fingerprint density at radius 3 is 1.95 bits per heavy atom. The molecule has 1 N–H and O–H groups in total. The Morgan fingerprint density at radius 1 is 0.810 bits per heavy atom. The molecule has 0 spiro atoms. The lowest BCUT2D eigenvalue weighted by Gasteiger charge is -2.09. The number of phenolic OH excluding ortho intramolecular Hbond substituents is 1. The highest BCUT2D eigenvalue weighted by molar-refractivity contribution is 5.78. The largest absolute Gasteiger partial charge is 0.507 e. The van der Waals surface area contributed by atoms with Crippen molar-refractivity contribution in [2.24, 2.45) is 0 Å². The van der Waals surface area contributed by atoms with Crippen LogP contribution in [0.15, 0.2) is 30.8 Å². The number of rotatable bonds is 3. The van der Waals surface area contributed by atoms with Gasteiger partial charge in [-0.2, -0.15) is 0 Å². The predicted octanol–water partition coefficient (Wildman–Crippen LogP) is 5.44. The van der Waals surface area contributed by atoms with Crippen LogP contribution in [-0.2, 0) is 0 Å². The van der Waals surface area contributed by atoms with E-state index < -0.39 is 0 Å². The van der Waals surface area contributed by atoms with E-state index in [0.717, 1.165) is 27.8 Å². The van der Waals surface area contributed by atoms with E-state index in [1.807, 2.05) is 44.2 Å². The monoisotopic (exact) mass is 278 g/mol. The molecule has 0 aliphatic heterocycles. The van der Waals surface area contributed by atoms with Gasteiger partial charge in [0.2, 0.25) is 0 Å². The molecular formula is C20H22O. The number of benzene rings is 2. The maximum Gasteiger partial charge on any atom is 0.125 e. The van der Waals surface area contributed by atoms with E-state index in [9.17, 15) is 5.11 Å². The fourth-order valence-corrected chi connectivity index (χ4v) is 2.73. The van der Waals surface area contributed by atoms with Crippen molar-refractivity contribution in [3.05, 3.63) is 69.8 Å². The van der Waals surface area contributed by atoms with Gasteiger partial charge in [0, 0.05) is 5.56 Å². The van der Waals surface area contributed by atoms with Gasteiger partial charge >= 0.3 is 0 Å². The Hall–Kier alpha value is -2.28. The van der Waals surface area contributed by atoms with Crippen LogP contribution >= 0.6 is 0 Å². The molecule has 108 valence electrons. The Morgan fingerprint density at radius 2 is 1.33 bits per heavy atom. The number of phenols is 1. The summed E-state index contributed by atoms with van der Waals surface area (Å²) in [5, 5.41) is 10.2. The fraction of sp³-hybridized carbons (Fsp3) is 0.200. The first-order valence-electron chi connectivity index (χ1n) is 7.14. The summed E-state index contributed by atoms with van der Waals surface area (Å²) in [6.45, 7) is 12.0. The molecule has 2 rings (SSSR count). The molecule has 0 atom stereocenters. The molecule has 0 aliphatic rings. The molecule has 0 unspecified atom stereocenters. The lowest BCUT2D eigenvalue weighted by atomic mass is 9.97. The Kier molecular flexibility index (Phi) is 4.32. The van der Waals surface area contributed by atoms with E-state index in [0.29, 0.717) is 5.75 Å². The summed E-state index contributed by atoms with van der Waals surface area (Å²) in [5.41, 5.74) is 7.61. The van der Waals surface area contributed by atoms with Crippen LogP contribution in [0.3, 0.4) is 0 Å². The van der Waals surface area contributed by atoms with E-state index in [-0.39, 0.29) is 0 Å². The number of aryl methyl sites for hydroxylation is 4. The van der Waals surface area contributed by atoms with Gasteiger partial charge in [-0.25, -0.2) is 0 Å². The highest BCUT2D eigenvalue weighted by atomic mass is 16.3. The summed E-state index contributed by atoms with van der Waals surface area (Å²) >= 11 is 0. The lowest BCUT2D eigenvalue weighted by Crippen LogP contribution is -1.89. The quantitative estimate of drug-likeness (QED) is 0.741. The maximum absolute atomic E-state index is 10.2. The normalized spacial score (nSPS) is 11.0. The highest BCUT2D eigenvalue weighted by Gasteiger charge is 2.04. The average molecular weight is 278 g/mol. The fourth-order valence-electron chi connectivity index (χ4n) is 2.73. The topological polar surface area (TPSA) is 20.2 Å². The molecule has 0 aliphatic carbocycles. The molecule has 1 heteroatoms. The van der Waals surface area contributed by atoms with Crippen LogP contribution < -0.4 is 0 Å². The van der Waals surface area contributed by atoms with Crippen LogP contribution in [-0.4, -0.2) is 5.11 Å². The molecule has 2 aromatic carbocycles. The van der Waals surface area contributed by atoms with E-state index in [1.54, 1.807) is 0 Å². The first-order chi connectivity index (χ1) is 9.92. The summed E-state index contributed by atoms with van der Waals surface area (Å²) in [4.78, 5) is 0. The predicted molar refractivity (Wildman–Crippen MR) is 92.5 cm³/mol. The van der Waals surface area contributed by atoms with Gasteiger partial charge in [0.25, 0.3) is 0 Å². The van der Waals surface area contributed by atoms with Crippen molar-refractivity contribution in [2.75, 3.05) is 0 Å². The third kappa shape index (κ3) is 3.25. The Balaban J connectivity index is 2.50. The molecule has 0 radical (unpaired) electrons. The molecule has 2 aromatic rings.